The van der Waals surface area contributed by atoms with Crippen LogP contribution in [0.2, 0.25) is 0 Å². The molecule has 0 fully saturated rings. The molecule has 106 valence electrons. The molecule has 21 heavy (non-hydrogen) atoms. The molecule has 2 heterocycles. The van der Waals surface area contributed by atoms with E-state index in [0.29, 0.717) is 24.5 Å². The Labute approximate surface area is 122 Å². The van der Waals surface area contributed by atoms with E-state index in [-0.39, 0.29) is 12.3 Å². The maximum atomic E-state index is 12.5. The van der Waals surface area contributed by atoms with E-state index < -0.39 is 0 Å². The topological polar surface area (TPSA) is 95.9 Å². The second-order valence-electron chi connectivity index (χ2n) is 4.47. The van der Waals surface area contributed by atoms with Crippen molar-refractivity contribution in [2.45, 2.75) is 13.0 Å². The van der Waals surface area contributed by atoms with Crippen LogP contribution in [0.25, 0.3) is 0 Å². The first kappa shape index (κ1) is 14.5. The lowest BCUT2D eigenvalue weighted by Crippen LogP contribution is -2.32. The lowest BCUT2D eigenvalue weighted by atomic mass is 10.2. The van der Waals surface area contributed by atoms with Gasteiger partial charge < -0.3 is 10.6 Å². The largest absolute Gasteiger partial charge is 0.397 e. The summed E-state index contributed by atoms with van der Waals surface area (Å²) >= 11 is 0. The molecule has 0 aromatic carbocycles. The number of hydrogen-bond donors (Lipinski definition) is 1. The molecule has 6 heteroatoms. The quantitative estimate of drug-likeness (QED) is 0.898. The van der Waals surface area contributed by atoms with Crippen molar-refractivity contribution in [2.75, 3.05) is 12.3 Å². The van der Waals surface area contributed by atoms with Gasteiger partial charge in [0.05, 0.1) is 24.4 Å². The predicted molar refractivity (Wildman–Crippen MR) is 77.9 cm³/mol. The predicted octanol–water partition coefficient (Wildman–Crippen LogP) is 1.61. The normalized spacial score (nSPS) is 9.86. The zero-order valence-electron chi connectivity index (χ0n) is 11.4. The summed E-state index contributed by atoms with van der Waals surface area (Å²) in [5.74, 6) is -0.228. The number of pyridine rings is 2. The van der Waals surface area contributed by atoms with Gasteiger partial charge in [-0.15, -0.1) is 0 Å². The molecule has 0 unspecified atom stereocenters. The summed E-state index contributed by atoms with van der Waals surface area (Å²) in [5.41, 5.74) is 7.28. The highest BCUT2D eigenvalue weighted by atomic mass is 16.2. The van der Waals surface area contributed by atoms with Gasteiger partial charge in [-0.1, -0.05) is 6.07 Å². The number of nitrogens with two attached hydrogens (primary N) is 1. The maximum absolute atomic E-state index is 12.5. The lowest BCUT2D eigenvalue weighted by Gasteiger charge is -2.21. The van der Waals surface area contributed by atoms with Crippen LogP contribution in [0.1, 0.15) is 22.5 Å². The van der Waals surface area contributed by atoms with Gasteiger partial charge in [0.1, 0.15) is 5.69 Å². The molecule has 2 aromatic rings. The van der Waals surface area contributed by atoms with Gasteiger partial charge in [0.15, 0.2) is 0 Å². The second kappa shape index (κ2) is 7.01. The van der Waals surface area contributed by atoms with Gasteiger partial charge in [0.2, 0.25) is 0 Å². The van der Waals surface area contributed by atoms with Gasteiger partial charge in [-0.3, -0.25) is 9.78 Å². The standard InChI is InChI=1S/C15H15N5O/c16-6-2-8-20(11-12-3-1-7-18-9-12)15(21)14-5-4-13(17)10-19-14/h1,3-5,7,9-10H,2,8,11,17H2. The third-order valence-electron chi connectivity index (χ3n) is 2.88. The molecule has 2 rings (SSSR count). The Balaban J connectivity index is 2.17. The van der Waals surface area contributed by atoms with Crippen molar-refractivity contribution in [3.8, 4) is 6.07 Å². The van der Waals surface area contributed by atoms with Crippen molar-refractivity contribution in [3.05, 3.63) is 54.1 Å². The molecule has 2 aromatic heterocycles. The van der Waals surface area contributed by atoms with Crippen molar-refractivity contribution in [1.82, 2.24) is 14.9 Å². The Morgan fingerprint density at radius 2 is 2.19 bits per heavy atom. The Morgan fingerprint density at radius 3 is 2.81 bits per heavy atom. The van der Waals surface area contributed by atoms with Gasteiger partial charge >= 0.3 is 0 Å². The van der Waals surface area contributed by atoms with E-state index >= 15 is 0 Å². The molecule has 0 saturated carbocycles. The van der Waals surface area contributed by atoms with Gasteiger partial charge in [-0.25, -0.2) is 4.98 Å². The molecule has 6 nitrogen and oxygen atoms in total. The van der Waals surface area contributed by atoms with Crippen molar-refractivity contribution in [1.29, 1.82) is 5.26 Å². The number of carbonyl (C=O) groups excluding carboxylic acids is 1. The summed E-state index contributed by atoms with van der Waals surface area (Å²) in [6.07, 6.45) is 5.08. The summed E-state index contributed by atoms with van der Waals surface area (Å²) < 4.78 is 0. The van der Waals surface area contributed by atoms with Crippen molar-refractivity contribution < 1.29 is 4.79 Å². The second-order valence-corrected chi connectivity index (χ2v) is 4.47. The molecule has 0 spiro atoms. The first-order valence-corrected chi connectivity index (χ1v) is 6.47. The third kappa shape index (κ3) is 4.01. The SMILES string of the molecule is N#CCCN(Cc1cccnc1)C(=O)c1ccc(N)cn1. The number of carbonyl (C=O) groups is 1. The molecule has 1 amide bonds. The van der Waals surface area contributed by atoms with E-state index in [1.807, 2.05) is 18.2 Å². The van der Waals surface area contributed by atoms with E-state index in [1.54, 1.807) is 29.4 Å². The Morgan fingerprint density at radius 1 is 1.33 bits per heavy atom. The first-order valence-electron chi connectivity index (χ1n) is 6.47. The summed E-state index contributed by atoms with van der Waals surface area (Å²) in [4.78, 5) is 22.1. The molecular formula is C15H15N5O. The number of nitriles is 1. The van der Waals surface area contributed by atoms with Crippen LogP contribution in [0, 0.1) is 11.3 Å². The number of amides is 1. The molecule has 0 aliphatic carbocycles. The summed E-state index contributed by atoms with van der Waals surface area (Å²) in [6, 6.07) is 8.96. The fourth-order valence-corrected chi connectivity index (χ4v) is 1.84. The zero-order valence-corrected chi connectivity index (χ0v) is 11.4. The minimum Gasteiger partial charge on any atom is -0.397 e. The molecule has 2 N–H and O–H groups in total. The average molecular weight is 281 g/mol. The van der Waals surface area contributed by atoms with E-state index in [4.69, 9.17) is 11.0 Å². The van der Waals surface area contributed by atoms with Crippen LogP contribution in [0.5, 0.6) is 0 Å². The Bertz CT molecular complexity index is 633. The van der Waals surface area contributed by atoms with Gasteiger partial charge in [-0.05, 0) is 23.8 Å². The van der Waals surface area contributed by atoms with Crippen molar-refractivity contribution in [3.63, 3.8) is 0 Å². The Kier molecular flexibility index (Phi) is 4.83. The van der Waals surface area contributed by atoms with Gasteiger partial charge in [-0.2, -0.15) is 5.26 Å². The number of nitrogens with zero attached hydrogens (tertiary/aromatic N) is 4. The monoisotopic (exact) mass is 281 g/mol. The lowest BCUT2D eigenvalue weighted by molar-refractivity contribution is 0.0741. The van der Waals surface area contributed by atoms with Crippen LogP contribution in [-0.4, -0.2) is 27.3 Å². The molecule has 0 bridgehead atoms. The fourth-order valence-electron chi connectivity index (χ4n) is 1.84. The van der Waals surface area contributed by atoms with Crippen LogP contribution in [-0.2, 0) is 6.54 Å². The minimum atomic E-state index is -0.228. The van der Waals surface area contributed by atoms with Crippen molar-refractivity contribution in [2.24, 2.45) is 0 Å². The molecule has 0 atom stereocenters. The highest BCUT2D eigenvalue weighted by Gasteiger charge is 2.17. The summed E-state index contributed by atoms with van der Waals surface area (Å²) in [7, 11) is 0. The number of aromatic nitrogens is 2. The molecule has 0 saturated heterocycles. The summed E-state index contributed by atoms with van der Waals surface area (Å²) in [5, 5.41) is 8.74. The van der Waals surface area contributed by atoms with Crippen LogP contribution < -0.4 is 5.73 Å². The van der Waals surface area contributed by atoms with E-state index in [2.05, 4.69) is 9.97 Å². The van der Waals surface area contributed by atoms with Crippen LogP contribution in [0.15, 0.2) is 42.9 Å². The zero-order chi connectivity index (χ0) is 15.1. The highest BCUT2D eigenvalue weighted by Crippen LogP contribution is 2.10. The molecule has 0 aliphatic heterocycles. The van der Waals surface area contributed by atoms with E-state index in [1.165, 1.54) is 6.20 Å². The number of nitrogen functional groups attached to an aromatic ring is 1. The molecule has 0 radical (unpaired) electrons. The third-order valence-corrected chi connectivity index (χ3v) is 2.88. The van der Waals surface area contributed by atoms with E-state index in [9.17, 15) is 4.79 Å². The van der Waals surface area contributed by atoms with E-state index in [0.717, 1.165) is 5.56 Å². The molecular weight excluding hydrogens is 266 g/mol. The van der Waals surface area contributed by atoms with Crippen LogP contribution >= 0.6 is 0 Å². The van der Waals surface area contributed by atoms with Crippen molar-refractivity contribution >= 4 is 11.6 Å². The number of anilines is 1. The Hall–Kier alpha value is -2.94. The molecule has 0 aliphatic rings. The number of hydrogen-bond acceptors (Lipinski definition) is 5. The average Bonchev–Trinajstić information content (AvgIpc) is 2.52. The van der Waals surface area contributed by atoms with Crippen LogP contribution in [0.3, 0.4) is 0 Å². The maximum Gasteiger partial charge on any atom is 0.272 e. The van der Waals surface area contributed by atoms with Gasteiger partial charge in [0.25, 0.3) is 5.91 Å². The fraction of sp³-hybridized carbons (Fsp3) is 0.200. The highest BCUT2D eigenvalue weighted by molar-refractivity contribution is 5.92. The number of rotatable bonds is 5. The van der Waals surface area contributed by atoms with Gasteiger partial charge in [0, 0.05) is 25.5 Å². The smallest absolute Gasteiger partial charge is 0.272 e. The summed E-state index contributed by atoms with van der Waals surface area (Å²) in [6.45, 7) is 0.733. The van der Waals surface area contributed by atoms with Crippen LogP contribution in [0.4, 0.5) is 5.69 Å². The first-order chi connectivity index (χ1) is 10.2. The minimum absolute atomic E-state index is 0.228.